The van der Waals surface area contributed by atoms with Crippen LogP contribution in [0.15, 0.2) is 33.9 Å². The summed E-state index contributed by atoms with van der Waals surface area (Å²) in [6, 6.07) is 8.95. The van der Waals surface area contributed by atoms with Crippen LogP contribution in [-0.2, 0) is 26.4 Å². The van der Waals surface area contributed by atoms with Crippen molar-refractivity contribution >= 4 is 33.4 Å². The maximum absolute atomic E-state index is 14.2. The van der Waals surface area contributed by atoms with Gasteiger partial charge in [0.1, 0.15) is 27.1 Å². The molecule has 0 aliphatic rings. The fourth-order valence-corrected chi connectivity index (χ4v) is 5.71. The second-order valence-electron chi connectivity index (χ2n) is 10.2. The number of ether oxygens (including phenoxy) is 3. The van der Waals surface area contributed by atoms with Gasteiger partial charge in [-0.05, 0) is 53.2 Å². The first-order valence-corrected chi connectivity index (χ1v) is 14.1. The van der Waals surface area contributed by atoms with Gasteiger partial charge in [0.05, 0.1) is 44.7 Å². The van der Waals surface area contributed by atoms with Gasteiger partial charge in [0.15, 0.2) is 0 Å². The van der Waals surface area contributed by atoms with Gasteiger partial charge in [0.25, 0.3) is 5.56 Å². The van der Waals surface area contributed by atoms with Gasteiger partial charge in [-0.25, -0.2) is 14.2 Å². The predicted octanol–water partition coefficient (Wildman–Crippen LogP) is 3.65. The molecule has 12 heteroatoms. The van der Waals surface area contributed by atoms with Gasteiger partial charge in [0.2, 0.25) is 5.91 Å². The van der Waals surface area contributed by atoms with Gasteiger partial charge in [-0.15, -0.1) is 11.3 Å². The molecule has 41 heavy (non-hydrogen) atoms. The van der Waals surface area contributed by atoms with E-state index in [1.807, 2.05) is 6.07 Å². The van der Waals surface area contributed by atoms with E-state index in [4.69, 9.17) is 19.5 Å². The summed E-state index contributed by atoms with van der Waals surface area (Å²) in [6.07, 6.45) is -0.657. The van der Waals surface area contributed by atoms with Crippen LogP contribution in [-0.4, -0.2) is 47.4 Å². The van der Waals surface area contributed by atoms with E-state index in [1.54, 1.807) is 52.0 Å². The Hall–Kier alpha value is -3.95. The maximum atomic E-state index is 14.2. The number of hydrogen-bond acceptors (Lipinski definition) is 9. The molecule has 0 saturated carbocycles. The number of esters is 1. The van der Waals surface area contributed by atoms with Crippen molar-refractivity contribution in [3.8, 4) is 11.8 Å². The van der Waals surface area contributed by atoms with Gasteiger partial charge in [-0.3, -0.25) is 14.2 Å². The van der Waals surface area contributed by atoms with E-state index in [0.717, 1.165) is 15.9 Å². The van der Waals surface area contributed by atoms with Crippen LogP contribution in [0.5, 0.6) is 5.75 Å². The Morgan fingerprint density at radius 2 is 1.88 bits per heavy atom. The van der Waals surface area contributed by atoms with Gasteiger partial charge in [-0.1, -0.05) is 18.2 Å². The lowest BCUT2D eigenvalue weighted by Gasteiger charge is -2.28. The number of thiophene rings is 1. The zero-order valence-electron chi connectivity index (χ0n) is 24.4. The van der Waals surface area contributed by atoms with Crippen LogP contribution in [0.4, 0.5) is 0 Å². The van der Waals surface area contributed by atoms with Gasteiger partial charge in [-0.2, -0.15) is 5.26 Å². The SMILES string of the molecule is CCOC(=O)c1sc2c(c1C)c(=O)n(C(C)(C)C(=O)NC(C)C)c(=O)n2CC(OCCC#N)c1ccccc1OC. The number of fused-ring (bicyclic) bond motifs is 1. The topological polar surface area (TPSA) is 142 Å². The Morgan fingerprint density at radius 3 is 2.49 bits per heavy atom. The number of carbonyl (C=O) groups excluding carboxylic acids is 2. The first-order valence-electron chi connectivity index (χ1n) is 13.3. The van der Waals surface area contributed by atoms with E-state index in [0.29, 0.717) is 16.9 Å². The highest BCUT2D eigenvalue weighted by molar-refractivity contribution is 7.20. The molecule has 1 atom stereocenters. The van der Waals surface area contributed by atoms with Crippen LogP contribution in [0, 0.1) is 18.3 Å². The molecule has 0 fully saturated rings. The number of benzene rings is 1. The number of aromatic nitrogens is 2. The number of nitrogens with zero attached hydrogens (tertiary/aromatic N) is 3. The van der Waals surface area contributed by atoms with Crippen LogP contribution < -0.4 is 21.3 Å². The molecule has 0 aliphatic heterocycles. The minimum absolute atomic E-state index is 0.0799. The average molecular weight is 585 g/mol. The maximum Gasteiger partial charge on any atom is 0.348 e. The molecule has 2 aromatic heterocycles. The van der Waals surface area contributed by atoms with Crippen molar-refractivity contribution in [3.63, 3.8) is 0 Å². The normalized spacial score (nSPS) is 12.3. The molecule has 3 rings (SSSR count). The number of nitrogens with one attached hydrogen (secondary N) is 1. The second kappa shape index (κ2) is 13.1. The highest BCUT2D eigenvalue weighted by Gasteiger charge is 2.36. The van der Waals surface area contributed by atoms with Gasteiger partial charge in [0, 0.05) is 11.6 Å². The molecular weight excluding hydrogens is 548 g/mol. The van der Waals surface area contributed by atoms with E-state index < -0.39 is 34.8 Å². The number of nitriles is 1. The van der Waals surface area contributed by atoms with E-state index in [1.165, 1.54) is 25.5 Å². The molecule has 1 unspecified atom stereocenters. The number of amides is 1. The number of aryl methyl sites for hydroxylation is 1. The first-order chi connectivity index (χ1) is 19.4. The second-order valence-corrected chi connectivity index (χ2v) is 11.2. The molecule has 11 nitrogen and oxygen atoms in total. The monoisotopic (exact) mass is 584 g/mol. The summed E-state index contributed by atoms with van der Waals surface area (Å²) >= 11 is 0.976. The van der Waals surface area contributed by atoms with Crippen LogP contribution in [0.25, 0.3) is 10.2 Å². The summed E-state index contributed by atoms with van der Waals surface area (Å²) in [4.78, 5) is 54.7. The van der Waals surface area contributed by atoms with E-state index in [9.17, 15) is 19.2 Å². The Bertz CT molecular complexity index is 1590. The number of rotatable bonds is 12. The van der Waals surface area contributed by atoms with E-state index >= 15 is 0 Å². The lowest BCUT2D eigenvalue weighted by molar-refractivity contribution is -0.129. The van der Waals surface area contributed by atoms with Gasteiger partial charge < -0.3 is 19.5 Å². The van der Waals surface area contributed by atoms with Gasteiger partial charge >= 0.3 is 11.7 Å². The van der Waals surface area contributed by atoms with E-state index in [-0.39, 0.29) is 47.3 Å². The molecule has 0 aliphatic carbocycles. The Kier molecular flexibility index (Phi) is 10.1. The van der Waals surface area contributed by atoms with Crippen LogP contribution in [0.2, 0.25) is 0 Å². The smallest absolute Gasteiger partial charge is 0.348 e. The molecular formula is C29H36N4O7S. The molecule has 1 amide bonds. The van der Waals surface area contributed by atoms with Crippen molar-refractivity contribution in [1.82, 2.24) is 14.5 Å². The standard InChI is InChI=1S/C29H36N4O7S/c1-8-39-26(35)23-18(4)22-24(34)33(29(5,6)27(36)31-17(2)3)28(37)32(25(22)41-23)16-21(40-15-11-14-30)19-12-9-10-13-20(19)38-7/h9-10,12-13,17,21H,8,11,15-16H2,1-7H3,(H,31,36). The number of methoxy groups -OCH3 is 1. The zero-order valence-corrected chi connectivity index (χ0v) is 25.2. The summed E-state index contributed by atoms with van der Waals surface area (Å²) in [6.45, 7) is 9.98. The van der Waals surface area contributed by atoms with Crippen LogP contribution >= 0.6 is 11.3 Å². The molecule has 220 valence electrons. The molecule has 1 aromatic carbocycles. The summed E-state index contributed by atoms with van der Waals surface area (Å²) < 4.78 is 19.1. The zero-order chi connectivity index (χ0) is 30.5. The molecule has 2 heterocycles. The number of para-hydroxylation sites is 1. The summed E-state index contributed by atoms with van der Waals surface area (Å²) in [5.41, 5.74) is -2.02. The van der Waals surface area contributed by atoms with Crippen molar-refractivity contribution in [1.29, 1.82) is 5.26 Å². The van der Waals surface area contributed by atoms with Crippen molar-refractivity contribution in [2.45, 2.75) is 72.2 Å². The third-order valence-corrected chi connectivity index (χ3v) is 7.87. The molecule has 1 N–H and O–H groups in total. The fourth-order valence-electron chi connectivity index (χ4n) is 4.52. The third-order valence-electron chi connectivity index (χ3n) is 6.57. The highest BCUT2D eigenvalue weighted by atomic mass is 32.1. The van der Waals surface area contributed by atoms with Crippen LogP contribution in [0.1, 0.15) is 67.9 Å². The predicted molar refractivity (Wildman–Crippen MR) is 156 cm³/mol. The third kappa shape index (κ3) is 6.36. The van der Waals surface area contributed by atoms with Crippen molar-refractivity contribution in [2.24, 2.45) is 0 Å². The molecule has 0 spiro atoms. The quantitative estimate of drug-likeness (QED) is 0.251. The largest absolute Gasteiger partial charge is 0.496 e. The molecule has 0 bridgehead atoms. The minimum Gasteiger partial charge on any atom is -0.496 e. The Morgan fingerprint density at radius 1 is 1.20 bits per heavy atom. The van der Waals surface area contributed by atoms with Crippen molar-refractivity contribution in [3.05, 3.63) is 61.1 Å². The number of carbonyl (C=O) groups is 2. The molecule has 0 saturated heterocycles. The highest BCUT2D eigenvalue weighted by Crippen LogP contribution is 2.33. The molecule has 3 aromatic rings. The fraction of sp³-hybridized carbons (Fsp3) is 0.483. The van der Waals surface area contributed by atoms with E-state index in [2.05, 4.69) is 5.32 Å². The number of hydrogen-bond donors (Lipinski definition) is 1. The summed E-state index contributed by atoms with van der Waals surface area (Å²) in [5, 5.41) is 12.0. The lowest BCUT2D eigenvalue weighted by Crippen LogP contribution is -2.56. The Labute approximate surface area is 242 Å². The average Bonchev–Trinajstić information content (AvgIpc) is 3.27. The Balaban J connectivity index is 2.37. The van der Waals surface area contributed by atoms with Crippen molar-refractivity contribution in [2.75, 3.05) is 20.3 Å². The van der Waals surface area contributed by atoms with Crippen molar-refractivity contribution < 1.29 is 23.8 Å². The van der Waals surface area contributed by atoms with Crippen LogP contribution in [0.3, 0.4) is 0 Å². The summed E-state index contributed by atoms with van der Waals surface area (Å²) in [7, 11) is 1.51. The minimum atomic E-state index is -1.57. The first kappa shape index (κ1) is 31.6. The molecule has 0 radical (unpaired) electrons. The summed E-state index contributed by atoms with van der Waals surface area (Å²) in [5.74, 6) is -0.611. The lowest BCUT2D eigenvalue weighted by atomic mass is 10.0.